The van der Waals surface area contributed by atoms with Crippen molar-refractivity contribution in [3.05, 3.63) is 23.8 Å². The van der Waals surface area contributed by atoms with Gasteiger partial charge in [0.2, 0.25) is 0 Å². The molecule has 0 saturated heterocycles. The van der Waals surface area contributed by atoms with Gasteiger partial charge in [0.25, 0.3) is 5.91 Å². The summed E-state index contributed by atoms with van der Waals surface area (Å²) >= 11 is 0. The average Bonchev–Trinajstić information content (AvgIpc) is 3.36. The van der Waals surface area contributed by atoms with Crippen LogP contribution < -0.4 is 14.8 Å². The lowest BCUT2D eigenvalue weighted by Gasteiger charge is -2.15. The number of carbonyl (C=O) groups excluding carboxylic acids is 2. The average molecular weight is 335 g/mol. The molecule has 0 unspecified atom stereocenters. The summed E-state index contributed by atoms with van der Waals surface area (Å²) in [6.45, 7) is 6.21. The second-order valence-corrected chi connectivity index (χ2v) is 6.40. The van der Waals surface area contributed by atoms with E-state index in [1.54, 1.807) is 25.1 Å². The van der Waals surface area contributed by atoms with Crippen LogP contribution in [0.2, 0.25) is 0 Å². The number of rotatable bonds is 8. The van der Waals surface area contributed by atoms with Crippen LogP contribution in [0.4, 0.5) is 0 Å². The zero-order valence-electron chi connectivity index (χ0n) is 14.6. The van der Waals surface area contributed by atoms with Crippen molar-refractivity contribution < 1.29 is 23.8 Å². The first-order chi connectivity index (χ1) is 11.4. The van der Waals surface area contributed by atoms with Gasteiger partial charge < -0.3 is 19.5 Å². The summed E-state index contributed by atoms with van der Waals surface area (Å²) in [7, 11) is 1.51. The van der Waals surface area contributed by atoms with Crippen LogP contribution in [0.5, 0.6) is 11.5 Å². The molecule has 132 valence electrons. The summed E-state index contributed by atoms with van der Waals surface area (Å²) in [6, 6.07) is 5.07. The van der Waals surface area contributed by atoms with Gasteiger partial charge in [0.1, 0.15) is 0 Å². The molecule has 1 aliphatic carbocycles. The van der Waals surface area contributed by atoms with Gasteiger partial charge >= 0.3 is 5.97 Å². The molecule has 0 radical (unpaired) electrons. The SMILES string of the molecule is COc1cc(C(=O)O[C@H](C)C(=O)NC2CC2)ccc1OCC(C)C. The lowest BCUT2D eigenvalue weighted by Crippen LogP contribution is -2.37. The largest absolute Gasteiger partial charge is 0.493 e. The number of nitrogens with one attached hydrogen (secondary N) is 1. The molecule has 1 aromatic rings. The minimum atomic E-state index is -0.832. The fourth-order valence-electron chi connectivity index (χ4n) is 2.00. The van der Waals surface area contributed by atoms with E-state index in [0.29, 0.717) is 29.6 Å². The molecule has 1 aromatic carbocycles. The molecule has 0 aromatic heterocycles. The van der Waals surface area contributed by atoms with Crippen molar-refractivity contribution in [3.63, 3.8) is 0 Å². The molecule has 1 aliphatic rings. The van der Waals surface area contributed by atoms with E-state index in [2.05, 4.69) is 5.32 Å². The van der Waals surface area contributed by atoms with Gasteiger partial charge in [-0.3, -0.25) is 4.79 Å². The van der Waals surface area contributed by atoms with E-state index in [1.165, 1.54) is 7.11 Å². The maximum Gasteiger partial charge on any atom is 0.339 e. The molecule has 1 N–H and O–H groups in total. The van der Waals surface area contributed by atoms with E-state index in [4.69, 9.17) is 14.2 Å². The summed E-state index contributed by atoms with van der Waals surface area (Å²) in [4.78, 5) is 24.1. The third kappa shape index (κ3) is 5.15. The Labute approximate surface area is 142 Å². The second-order valence-electron chi connectivity index (χ2n) is 6.40. The van der Waals surface area contributed by atoms with Crippen LogP contribution >= 0.6 is 0 Å². The van der Waals surface area contributed by atoms with Gasteiger partial charge in [0.15, 0.2) is 17.6 Å². The molecule has 0 spiro atoms. The minimum Gasteiger partial charge on any atom is -0.493 e. The molecular formula is C18H25NO5. The molecule has 0 aliphatic heterocycles. The molecular weight excluding hydrogens is 310 g/mol. The molecule has 1 amide bonds. The van der Waals surface area contributed by atoms with Gasteiger partial charge in [-0.05, 0) is 43.9 Å². The molecule has 6 heteroatoms. The second kappa shape index (κ2) is 8.04. The van der Waals surface area contributed by atoms with Crippen LogP contribution in [-0.2, 0) is 9.53 Å². The predicted octanol–water partition coefficient (Wildman–Crippen LogP) is 2.55. The summed E-state index contributed by atoms with van der Waals surface area (Å²) in [5, 5.41) is 2.81. The topological polar surface area (TPSA) is 73.9 Å². The lowest BCUT2D eigenvalue weighted by atomic mass is 10.2. The third-order valence-electron chi connectivity index (χ3n) is 3.55. The molecule has 24 heavy (non-hydrogen) atoms. The highest BCUT2D eigenvalue weighted by Gasteiger charge is 2.27. The fourth-order valence-corrected chi connectivity index (χ4v) is 2.00. The van der Waals surface area contributed by atoms with E-state index in [0.717, 1.165) is 12.8 Å². The van der Waals surface area contributed by atoms with Crippen molar-refractivity contribution in [2.75, 3.05) is 13.7 Å². The van der Waals surface area contributed by atoms with Gasteiger partial charge in [-0.25, -0.2) is 4.79 Å². The van der Waals surface area contributed by atoms with Gasteiger partial charge in [-0.2, -0.15) is 0 Å². The molecule has 1 fully saturated rings. The first kappa shape index (κ1) is 18.1. The highest BCUT2D eigenvalue weighted by molar-refractivity contribution is 5.93. The van der Waals surface area contributed by atoms with E-state index in [1.807, 2.05) is 13.8 Å². The van der Waals surface area contributed by atoms with Crippen LogP contribution in [0.15, 0.2) is 18.2 Å². The Morgan fingerprint density at radius 2 is 1.92 bits per heavy atom. The number of hydrogen-bond acceptors (Lipinski definition) is 5. The van der Waals surface area contributed by atoms with Crippen molar-refractivity contribution in [1.82, 2.24) is 5.32 Å². The first-order valence-electron chi connectivity index (χ1n) is 8.23. The summed E-state index contributed by atoms with van der Waals surface area (Å²) in [5.41, 5.74) is 0.315. The third-order valence-corrected chi connectivity index (χ3v) is 3.55. The standard InChI is InChI=1S/C18H25NO5/c1-11(2)10-23-15-8-5-13(9-16(15)22-4)18(21)24-12(3)17(20)19-14-6-7-14/h5,8-9,11-12,14H,6-7,10H2,1-4H3,(H,19,20)/t12-/m1/s1. The van der Waals surface area contributed by atoms with Crippen LogP contribution in [0.1, 0.15) is 44.0 Å². The van der Waals surface area contributed by atoms with Crippen molar-refractivity contribution in [1.29, 1.82) is 0 Å². The van der Waals surface area contributed by atoms with Crippen LogP contribution in [-0.4, -0.2) is 37.7 Å². The molecule has 1 atom stereocenters. The zero-order chi connectivity index (χ0) is 17.7. The molecule has 0 bridgehead atoms. The zero-order valence-corrected chi connectivity index (χ0v) is 14.6. The molecule has 6 nitrogen and oxygen atoms in total. The molecule has 0 heterocycles. The first-order valence-corrected chi connectivity index (χ1v) is 8.23. The van der Waals surface area contributed by atoms with E-state index >= 15 is 0 Å². The van der Waals surface area contributed by atoms with Crippen molar-refractivity contribution >= 4 is 11.9 Å². The number of ether oxygens (including phenoxy) is 3. The number of methoxy groups -OCH3 is 1. The van der Waals surface area contributed by atoms with Gasteiger partial charge in [-0.15, -0.1) is 0 Å². The number of hydrogen-bond donors (Lipinski definition) is 1. The Morgan fingerprint density at radius 3 is 2.50 bits per heavy atom. The Kier molecular flexibility index (Phi) is 6.06. The van der Waals surface area contributed by atoms with E-state index < -0.39 is 12.1 Å². The molecule has 2 rings (SSSR count). The quantitative estimate of drug-likeness (QED) is 0.739. The number of esters is 1. The fraction of sp³-hybridized carbons (Fsp3) is 0.556. The maximum absolute atomic E-state index is 12.2. The van der Waals surface area contributed by atoms with Crippen LogP contribution in [0.3, 0.4) is 0 Å². The van der Waals surface area contributed by atoms with E-state index in [-0.39, 0.29) is 11.9 Å². The minimum absolute atomic E-state index is 0.233. The van der Waals surface area contributed by atoms with Gasteiger partial charge in [0, 0.05) is 6.04 Å². The van der Waals surface area contributed by atoms with Crippen molar-refractivity contribution in [3.8, 4) is 11.5 Å². The smallest absolute Gasteiger partial charge is 0.339 e. The summed E-state index contributed by atoms with van der Waals surface area (Å²) in [5.74, 6) is 0.574. The Hall–Kier alpha value is -2.24. The number of benzene rings is 1. The maximum atomic E-state index is 12.2. The van der Waals surface area contributed by atoms with Crippen molar-refractivity contribution in [2.45, 2.75) is 45.8 Å². The van der Waals surface area contributed by atoms with E-state index in [9.17, 15) is 9.59 Å². The highest BCUT2D eigenvalue weighted by atomic mass is 16.5. The summed E-state index contributed by atoms with van der Waals surface area (Å²) < 4.78 is 16.1. The lowest BCUT2D eigenvalue weighted by molar-refractivity contribution is -0.129. The highest BCUT2D eigenvalue weighted by Crippen LogP contribution is 2.29. The number of amides is 1. The Morgan fingerprint density at radius 1 is 1.21 bits per heavy atom. The van der Waals surface area contributed by atoms with Crippen LogP contribution in [0, 0.1) is 5.92 Å². The normalized spacial score (nSPS) is 14.9. The predicted molar refractivity (Wildman–Crippen MR) is 89.4 cm³/mol. The Balaban J connectivity index is 1.99. The van der Waals surface area contributed by atoms with Gasteiger partial charge in [0.05, 0.1) is 19.3 Å². The monoisotopic (exact) mass is 335 g/mol. The van der Waals surface area contributed by atoms with Gasteiger partial charge in [-0.1, -0.05) is 13.8 Å². The summed E-state index contributed by atoms with van der Waals surface area (Å²) in [6.07, 6.45) is 1.14. The van der Waals surface area contributed by atoms with Crippen LogP contribution in [0.25, 0.3) is 0 Å². The van der Waals surface area contributed by atoms with Crippen molar-refractivity contribution in [2.24, 2.45) is 5.92 Å². The molecule has 1 saturated carbocycles. The Bertz CT molecular complexity index is 595. The number of carbonyl (C=O) groups is 2.